The van der Waals surface area contributed by atoms with Gasteiger partial charge in [0.05, 0.1) is 4.92 Å². The van der Waals surface area contributed by atoms with Crippen LogP contribution in [0.3, 0.4) is 0 Å². The Morgan fingerprint density at radius 1 is 1.54 bits per heavy atom. The molecule has 0 saturated carbocycles. The van der Waals surface area contributed by atoms with Gasteiger partial charge < -0.3 is 0 Å². The highest BCUT2D eigenvalue weighted by molar-refractivity contribution is 7.79. The van der Waals surface area contributed by atoms with E-state index in [1.165, 1.54) is 6.07 Å². The molecule has 0 heterocycles. The van der Waals surface area contributed by atoms with Gasteiger partial charge in [0.25, 0.3) is 5.69 Å². The lowest BCUT2D eigenvalue weighted by Gasteiger charge is -2.04. The van der Waals surface area contributed by atoms with Gasteiger partial charge in [0.1, 0.15) is 0 Å². The Kier molecular flexibility index (Phi) is 3.31. The molecule has 1 aromatic rings. The van der Waals surface area contributed by atoms with E-state index in [1.54, 1.807) is 6.07 Å². The van der Waals surface area contributed by atoms with E-state index in [2.05, 4.69) is 12.6 Å². The number of nitro benzene ring substituents is 1. The quantitative estimate of drug-likeness (QED) is 0.460. The molecule has 0 saturated heterocycles. The summed E-state index contributed by atoms with van der Waals surface area (Å²) in [6.07, 6.45) is 0.803. The van der Waals surface area contributed by atoms with E-state index in [1.807, 2.05) is 13.0 Å². The smallest absolute Gasteiger partial charge is 0.258 e. The fourth-order valence-corrected chi connectivity index (χ4v) is 1.67. The summed E-state index contributed by atoms with van der Waals surface area (Å²) in [6, 6.07) is 5.13. The summed E-state index contributed by atoms with van der Waals surface area (Å²) in [5.74, 6) is 0.417. The Morgan fingerprint density at radius 2 is 2.23 bits per heavy atom. The third kappa shape index (κ3) is 2.01. The van der Waals surface area contributed by atoms with Crippen LogP contribution in [-0.2, 0) is 12.2 Å². The third-order valence-corrected chi connectivity index (χ3v) is 2.30. The molecule has 1 rings (SSSR count). The van der Waals surface area contributed by atoms with E-state index in [0.29, 0.717) is 5.75 Å². The molecule has 0 spiro atoms. The van der Waals surface area contributed by atoms with E-state index in [9.17, 15) is 10.1 Å². The molecule has 13 heavy (non-hydrogen) atoms. The molecular weight excluding hydrogens is 186 g/mol. The number of aryl methyl sites for hydroxylation is 1. The maximum Gasteiger partial charge on any atom is 0.273 e. The fraction of sp³-hybridized carbons (Fsp3) is 0.333. The van der Waals surface area contributed by atoms with Crippen molar-refractivity contribution < 1.29 is 4.92 Å². The Bertz CT molecular complexity index is 325. The van der Waals surface area contributed by atoms with Crippen molar-refractivity contribution in [3.05, 3.63) is 39.4 Å². The highest BCUT2D eigenvalue weighted by Crippen LogP contribution is 2.24. The van der Waals surface area contributed by atoms with Crippen molar-refractivity contribution in [1.82, 2.24) is 0 Å². The number of hydrogen-bond donors (Lipinski definition) is 1. The minimum absolute atomic E-state index is 0.175. The lowest BCUT2D eigenvalue weighted by atomic mass is 10.0. The monoisotopic (exact) mass is 197 g/mol. The summed E-state index contributed by atoms with van der Waals surface area (Å²) < 4.78 is 0. The minimum atomic E-state index is -0.356. The average Bonchev–Trinajstić information content (AvgIpc) is 2.16. The number of hydrogen-bond acceptors (Lipinski definition) is 3. The summed E-state index contributed by atoms with van der Waals surface area (Å²) in [5.41, 5.74) is 1.91. The van der Waals surface area contributed by atoms with Crippen LogP contribution in [0.5, 0.6) is 0 Å². The van der Waals surface area contributed by atoms with Crippen molar-refractivity contribution in [2.75, 3.05) is 0 Å². The number of rotatable bonds is 3. The molecule has 70 valence electrons. The molecule has 3 nitrogen and oxygen atoms in total. The van der Waals surface area contributed by atoms with Crippen LogP contribution in [0.25, 0.3) is 0 Å². The van der Waals surface area contributed by atoms with Crippen LogP contribution in [0.2, 0.25) is 0 Å². The van der Waals surface area contributed by atoms with Crippen LogP contribution in [0.1, 0.15) is 18.1 Å². The van der Waals surface area contributed by atoms with Crippen molar-refractivity contribution in [3.8, 4) is 0 Å². The Balaban J connectivity index is 3.27. The van der Waals surface area contributed by atoms with Crippen molar-refractivity contribution >= 4 is 18.3 Å². The van der Waals surface area contributed by atoms with Crippen molar-refractivity contribution in [2.24, 2.45) is 0 Å². The topological polar surface area (TPSA) is 43.1 Å². The van der Waals surface area contributed by atoms with E-state index >= 15 is 0 Å². The van der Waals surface area contributed by atoms with Gasteiger partial charge in [-0.1, -0.05) is 19.1 Å². The van der Waals surface area contributed by atoms with Crippen LogP contribution in [0.4, 0.5) is 5.69 Å². The normalized spacial score (nSPS) is 10.0. The molecule has 0 bridgehead atoms. The van der Waals surface area contributed by atoms with E-state index in [-0.39, 0.29) is 10.6 Å². The highest BCUT2D eigenvalue weighted by Gasteiger charge is 2.14. The van der Waals surface area contributed by atoms with Gasteiger partial charge in [-0.05, 0) is 12.0 Å². The van der Waals surface area contributed by atoms with Gasteiger partial charge in [0, 0.05) is 17.4 Å². The van der Waals surface area contributed by atoms with Gasteiger partial charge in [0.15, 0.2) is 0 Å². The largest absolute Gasteiger partial charge is 0.273 e. The maximum absolute atomic E-state index is 10.6. The van der Waals surface area contributed by atoms with E-state index < -0.39 is 0 Å². The summed E-state index contributed by atoms with van der Waals surface area (Å²) in [5, 5.41) is 10.6. The van der Waals surface area contributed by atoms with Gasteiger partial charge in [-0.25, -0.2) is 0 Å². The highest BCUT2D eigenvalue weighted by atomic mass is 32.1. The SMILES string of the molecule is CCc1cccc([N+](=O)[O-])c1CS. The van der Waals surface area contributed by atoms with Gasteiger partial charge >= 0.3 is 0 Å². The van der Waals surface area contributed by atoms with Gasteiger partial charge in [-0.3, -0.25) is 10.1 Å². The third-order valence-electron chi connectivity index (χ3n) is 1.98. The molecule has 4 heteroatoms. The summed E-state index contributed by atoms with van der Waals surface area (Å²) >= 11 is 4.09. The zero-order valence-corrected chi connectivity index (χ0v) is 8.25. The molecule has 0 N–H and O–H groups in total. The van der Waals surface area contributed by atoms with Crippen LogP contribution >= 0.6 is 12.6 Å². The van der Waals surface area contributed by atoms with Gasteiger partial charge in [-0.15, -0.1) is 0 Å². The molecule has 0 fully saturated rings. The molecule has 0 aromatic heterocycles. The van der Waals surface area contributed by atoms with Gasteiger partial charge in [-0.2, -0.15) is 12.6 Å². The van der Waals surface area contributed by atoms with Crippen LogP contribution in [0, 0.1) is 10.1 Å². The molecule has 1 aromatic carbocycles. The zero-order chi connectivity index (χ0) is 9.84. The second kappa shape index (κ2) is 4.28. The van der Waals surface area contributed by atoms with Crippen LogP contribution in [0.15, 0.2) is 18.2 Å². The number of nitrogens with zero attached hydrogens (tertiary/aromatic N) is 1. The Labute approximate surface area is 82.3 Å². The molecule has 0 amide bonds. The second-order valence-corrected chi connectivity index (χ2v) is 3.00. The number of nitro groups is 1. The molecule has 0 atom stereocenters. The molecule has 0 aliphatic rings. The predicted octanol–water partition coefficient (Wildman–Crippen LogP) is 2.59. The van der Waals surface area contributed by atoms with Crippen molar-refractivity contribution in [2.45, 2.75) is 19.1 Å². The first-order valence-corrected chi connectivity index (χ1v) is 4.70. The lowest BCUT2D eigenvalue weighted by molar-refractivity contribution is -0.385. The molecule has 0 unspecified atom stereocenters. The van der Waals surface area contributed by atoms with E-state index in [4.69, 9.17) is 0 Å². The standard InChI is InChI=1S/C9H11NO2S/c1-2-7-4-3-5-9(10(11)12)8(7)6-13/h3-5,13H,2,6H2,1H3. The summed E-state index contributed by atoms with van der Waals surface area (Å²) in [7, 11) is 0. The van der Waals surface area contributed by atoms with Crippen LogP contribution in [-0.4, -0.2) is 4.92 Å². The molecule has 0 radical (unpaired) electrons. The fourth-order valence-electron chi connectivity index (χ4n) is 1.31. The predicted molar refractivity (Wildman–Crippen MR) is 55.2 cm³/mol. The number of benzene rings is 1. The number of thiol groups is 1. The molecule has 0 aliphatic carbocycles. The zero-order valence-electron chi connectivity index (χ0n) is 7.36. The van der Waals surface area contributed by atoms with Crippen LogP contribution < -0.4 is 0 Å². The molecule has 0 aliphatic heterocycles. The summed E-state index contributed by atoms with van der Waals surface area (Å²) in [4.78, 5) is 10.3. The Hall–Kier alpha value is -1.03. The average molecular weight is 197 g/mol. The lowest BCUT2D eigenvalue weighted by Crippen LogP contribution is -1.97. The molecular formula is C9H11NO2S. The first-order chi connectivity index (χ1) is 6.20. The van der Waals surface area contributed by atoms with Gasteiger partial charge in [0.2, 0.25) is 0 Å². The minimum Gasteiger partial charge on any atom is -0.258 e. The Morgan fingerprint density at radius 3 is 2.69 bits per heavy atom. The summed E-state index contributed by atoms with van der Waals surface area (Å²) in [6.45, 7) is 1.98. The maximum atomic E-state index is 10.6. The van der Waals surface area contributed by atoms with Crippen molar-refractivity contribution in [1.29, 1.82) is 0 Å². The first-order valence-electron chi connectivity index (χ1n) is 4.06. The van der Waals surface area contributed by atoms with Crippen molar-refractivity contribution in [3.63, 3.8) is 0 Å². The second-order valence-electron chi connectivity index (χ2n) is 2.68. The first kappa shape index (κ1) is 10.1. The van der Waals surface area contributed by atoms with E-state index in [0.717, 1.165) is 17.5 Å².